The lowest BCUT2D eigenvalue weighted by atomic mass is 10.0. The Morgan fingerprint density at radius 2 is 1.72 bits per heavy atom. The molecule has 9 heteroatoms. The van der Waals surface area contributed by atoms with Gasteiger partial charge in [0.2, 0.25) is 0 Å². The van der Waals surface area contributed by atoms with Crippen molar-refractivity contribution in [1.82, 2.24) is 10.7 Å². The van der Waals surface area contributed by atoms with Crippen molar-refractivity contribution in [3.8, 4) is 17.2 Å². The Bertz CT molecular complexity index is 1280. The number of rotatable bonds is 13. The van der Waals surface area contributed by atoms with Gasteiger partial charge in [0.1, 0.15) is 18.4 Å². The van der Waals surface area contributed by atoms with E-state index in [0.717, 1.165) is 20.3 Å². The van der Waals surface area contributed by atoms with Crippen LogP contribution in [0.25, 0.3) is 0 Å². The fourth-order valence-electron chi connectivity index (χ4n) is 3.73. The quantitative estimate of drug-likeness (QED) is 0.151. The molecule has 0 fully saturated rings. The third-order valence-corrected chi connectivity index (χ3v) is 6.48. The van der Waals surface area contributed by atoms with Gasteiger partial charge in [0.15, 0.2) is 18.1 Å². The molecule has 2 amide bonds. The highest BCUT2D eigenvalue weighted by molar-refractivity contribution is 14.1. The van der Waals surface area contributed by atoms with Crippen molar-refractivity contribution >= 4 is 40.6 Å². The lowest BCUT2D eigenvalue weighted by molar-refractivity contribution is -0.130. The SMILES string of the molecule is COc1cc(/C=N\NC(=O)[C@H](CC(C)C)NC(=O)COc2ccccc2C)cc(I)c1OCc1ccccc1. The third kappa shape index (κ3) is 9.58. The lowest BCUT2D eigenvalue weighted by Gasteiger charge is -2.19. The largest absolute Gasteiger partial charge is 0.493 e. The van der Waals surface area contributed by atoms with E-state index in [2.05, 4.69) is 38.4 Å². The first kappa shape index (κ1) is 29.9. The number of methoxy groups -OCH3 is 1. The summed E-state index contributed by atoms with van der Waals surface area (Å²) >= 11 is 2.18. The first-order chi connectivity index (χ1) is 18.8. The molecule has 0 aliphatic carbocycles. The number of nitrogens with zero attached hydrogens (tertiary/aromatic N) is 1. The summed E-state index contributed by atoms with van der Waals surface area (Å²) in [7, 11) is 1.57. The zero-order valence-electron chi connectivity index (χ0n) is 22.6. The zero-order valence-corrected chi connectivity index (χ0v) is 24.7. The molecule has 8 nitrogen and oxygen atoms in total. The monoisotopic (exact) mass is 643 g/mol. The van der Waals surface area contributed by atoms with E-state index in [1.54, 1.807) is 19.2 Å². The van der Waals surface area contributed by atoms with E-state index >= 15 is 0 Å². The van der Waals surface area contributed by atoms with Crippen LogP contribution in [-0.4, -0.2) is 37.8 Å². The Morgan fingerprint density at radius 1 is 1.00 bits per heavy atom. The number of carbonyl (C=O) groups is 2. The molecule has 0 aliphatic rings. The molecule has 3 rings (SSSR count). The average Bonchev–Trinajstić information content (AvgIpc) is 2.91. The second-order valence-electron chi connectivity index (χ2n) is 9.35. The first-order valence-electron chi connectivity index (χ1n) is 12.6. The maximum atomic E-state index is 12.9. The number of hydrogen-bond donors (Lipinski definition) is 2. The minimum atomic E-state index is -0.751. The van der Waals surface area contributed by atoms with Crippen molar-refractivity contribution in [2.45, 2.75) is 39.8 Å². The molecule has 0 bridgehead atoms. The number of para-hydroxylation sites is 1. The van der Waals surface area contributed by atoms with Crippen molar-refractivity contribution < 1.29 is 23.8 Å². The summed E-state index contributed by atoms with van der Waals surface area (Å²) in [6, 6.07) is 20.2. The molecule has 3 aromatic carbocycles. The van der Waals surface area contributed by atoms with Gasteiger partial charge >= 0.3 is 0 Å². The standard InChI is InChI=1S/C30H34IN3O5/c1-20(2)14-25(33-28(35)19-38-26-13-9-8-10-21(26)3)30(36)34-32-17-23-15-24(31)29(27(16-23)37-4)39-18-22-11-6-5-7-12-22/h5-13,15-17,20,25H,14,18-19H2,1-4H3,(H,33,35)(H,34,36)/b32-17-/t25-/m0/s1. The summed E-state index contributed by atoms with van der Waals surface area (Å²) in [6.45, 7) is 6.09. The molecular formula is C30H34IN3O5. The van der Waals surface area contributed by atoms with Crippen molar-refractivity contribution in [2.24, 2.45) is 11.0 Å². The number of nitrogens with one attached hydrogen (secondary N) is 2. The number of aryl methyl sites for hydroxylation is 1. The molecule has 0 unspecified atom stereocenters. The number of halogens is 1. The molecule has 206 valence electrons. The van der Waals surface area contributed by atoms with E-state index in [-0.39, 0.29) is 18.4 Å². The molecule has 0 radical (unpaired) electrons. The van der Waals surface area contributed by atoms with Crippen LogP contribution in [0.1, 0.15) is 37.0 Å². The predicted molar refractivity (Wildman–Crippen MR) is 160 cm³/mol. The van der Waals surface area contributed by atoms with Crippen LogP contribution < -0.4 is 25.0 Å². The average molecular weight is 644 g/mol. The molecule has 0 aromatic heterocycles. The summed E-state index contributed by atoms with van der Waals surface area (Å²) in [5.74, 6) is 1.21. The summed E-state index contributed by atoms with van der Waals surface area (Å²) in [5, 5.41) is 6.88. The fourth-order valence-corrected chi connectivity index (χ4v) is 4.51. The van der Waals surface area contributed by atoms with Crippen LogP contribution in [0.2, 0.25) is 0 Å². The topological polar surface area (TPSA) is 98.2 Å². The molecule has 3 aromatic rings. The van der Waals surface area contributed by atoms with Gasteiger partial charge in [-0.3, -0.25) is 9.59 Å². The van der Waals surface area contributed by atoms with Crippen molar-refractivity contribution in [2.75, 3.05) is 13.7 Å². The van der Waals surface area contributed by atoms with E-state index in [0.29, 0.717) is 30.3 Å². The fraction of sp³-hybridized carbons (Fsp3) is 0.300. The van der Waals surface area contributed by atoms with E-state index < -0.39 is 11.9 Å². The molecule has 1 atom stereocenters. The lowest BCUT2D eigenvalue weighted by Crippen LogP contribution is -2.47. The van der Waals surface area contributed by atoms with Crippen LogP contribution in [0.5, 0.6) is 17.2 Å². The van der Waals surface area contributed by atoms with Gasteiger partial charge in [-0.15, -0.1) is 0 Å². The van der Waals surface area contributed by atoms with Gasteiger partial charge in [-0.1, -0.05) is 62.4 Å². The van der Waals surface area contributed by atoms with E-state index in [9.17, 15) is 9.59 Å². The van der Waals surface area contributed by atoms with Gasteiger partial charge < -0.3 is 19.5 Å². The number of amides is 2. The van der Waals surface area contributed by atoms with E-state index in [1.165, 1.54) is 6.21 Å². The highest BCUT2D eigenvalue weighted by atomic mass is 127. The van der Waals surface area contributed by atoms with Crippen molar-refractivity contribution in [3.05, 3.63) is 87.0 Å². The zero-order chi connectivity index (χ0) is 28.2. The van der Waals surface area contributed by atoms with E-state index in [1.807, 2.05) is 75.4 Å². The molecule has 0 spiro atoms. The Morgan fingerprint density at radius 3 is 2.41 bits per heavy atom. The first-order valence-corrected chi connectivity index (χ1v) is 13.7. The Labute approximate surface area is 243 Å². The Hall–Kier alpha value is -3.60. The molecule has 0 saturated carbocycles. The van der Waals surface area contributed by atoms with Gasteiger partial charge in [-0.25, -0.2) is 5.43 Å². The Kier molecular flexibility index (Phi) is 11.6. The van der Waals surface area contributed by atoms with Crippen LogP contribution in [0, 0.1) is 16.4 Å². The molecule has 0 saturated heterocycles. The second-order valence-corrected chi connectivity index (χ2v) is 10.5. The third-order valence-electron chi connectivity index (χ3n) is 5.68. The van der Waals surface area contributed by atoms with Crippen LogP contribution in [0.15, 0.2) is 71.8 Å². The summed E-state index contributed by atoms with van der Waals surface area (Å²) < 4.78 is 18.0. The van der Waals surface area contributed by atoms with Crippen LogP contribution in [0.4, 0.5) is 0 Å². The number of hydrogen-bond acceptors (Lipinski definition) is 6. The number of benzene rings is 3. The van der Waals surface area contributed by atoms with Gasteiger partial charge in [0, 0.05) is 0 Å². The van der Waals surface area contributed by atoms with Crippen molar-refractivity contribution in [1.29, 1.82) is 0 Å². The highest BCUT2D eigenvalue weighted by Gasteiger charge is 2.22. The number of carbonyl (C=O) groups excluding carboxylic acids is 2. The van der Waals surface area contributed by atoms with E-state index in [4.69, 9.17) is 14.2 Å². The molecule has 39 heavy (non-hydrogen) atoms. The molecular weight excluding hydrogens is 609 g/mol. The molecule has 2 N–H and O–H groups in total. The predicted octanol–water partition coefficient (Wildman–Crippen LogP) is 5.25. The maximum absolute atomic E-state index is 12.9. The molecule has 0 aliphatic heterocycles. The van der Waals surface area contributed by atoms with Crippen LogP contribution in [-0.2, 0) is 16.2 Å². The maximum Gasteiger partial charge on any atom is 0.262 e. The summed E-state index contributed by atoms with van der Waals surface area (Å²) in [5.41, 5.74) is 5.24. The number of hydrazone groups is 1. The van der Waals surface area contributed by atoms with Crippen LogP contribution >= 0.6 is 22.6 Å². The summed E-state index contributed by atoms with van der Waals surface area (Å²) in [6.07, 6.45) is 1.98. The van der Waals surface area contributed by atoms with Gasteiger partial charge in [-0.05, 0) is 76.7 Å². The number of ether oxygens (including phenoxy) is 3. The normalized spacial score (nSPS) is 11.7. The second kappa shape index (κ2) is 15.1. The van der Waals surface area contributed by atoms with Gasteiger partial charge in [0.25, 0.3) is 11.8 Å². The minimum absolute atomic E-state index is 0.177. The van der Waals surface area contributed by atoms with Gasteiger partial charge in [0.05, 0.1) is 16.9 Å². The van der Waals surface area contributed by atoms with Crippen LogP contribution in [0.3, 0.4) is 0 Å². The Balaban J connectivity index is 1.60. The molecule has 0 heterocycles. The summed E-state index contributed by atoms with van der Waals surface area (Å²) in [4.78, 5) is 25.4. The van der Waals surface area contributed by atoms with Crippen molar-refractivity contribution in [3.63, 3.8) is 0 Å². The van der Waals surface area contributed by atoms with Gasteiger partial charge in [-0.2, -0.15) is 5.10 Å². The smallest absolute Gasteiger partial charge is 0.262 e. The minimum Gasteiger partial charge on any atom is -0.493 e. The highest BCUT2D eigenvalue weighted by Crippen LogP contribution is 2.34.